The minimum Gasteiger partial charge on any atom is -0.298 e. The van der Waals surface area contributed by atoms with Crippen LogP contribution in [0.4, 0.5) is 0 Å². The lowest BCUT2D eigenvalue weighted by Gasteiger charge is -2.34. The second-order valence-electron chi connectivity index (χ2n) is 6.22. The van der Waals surface area contributed by atoms with E-state index in [1.165, 1.54) is 11.8 Å². The molecule has 0 saturated heterocycles. The smallest absolute Gasteiger partial charge is 0.276 e. The molecule has 2 aromatic rings. The van der Waals surface area contributed by atoms with Crippen molar-refractivity contribution < 1.29 is 4.79 Å². The fourth-order valence-corrected chi connectivity index (χ4v) is 3.85. The number of fused-ring (bicyclic) bond motifs is 2. The number of hydrazone groups is 1. The van der Waals surface area contributed by atoms with Gasteiger partial charge in [0.2, 0.25) is 0 Å². The number of nitrogens with one attached hydrogen (secondary N) is 1. The van der Waals surface area contributed by atoms with Crippen molar-refractivity contribution in [3.05, 3.63) is 74.7 Å². The summed E-state index contributed by atoms with van der Waals surface area (Å²) in [5.74, 6) is -0.166. The summed E-state index contributed by atoms with van der Waals surface area (Å²) in [4.78, 5) is 17.7. The van der Waals surface area contributed by atoms with E-state index in [-0.39, 0.29) is 12.1 Å². The van der Waals surface area contributed by atoms with Crippen LogP contribution in [0.15, 0.2) is 68.7 Å². The van der Waals surface area contributed by atoms with Gasteiger partial charge in [-0.05, 0) is 42.5 Å². The van der Waals surface area contributed by atoms with Crippen LogP contribution in [0.1, 0.15) is 12.5 Å². The summed E-state index contributed by atoms with van der Waals surface area (Å²) in [6, 6.07) is 15.8. The highest BCUT2D eigenvalue weighted by Crippen LogP contribution is 2.25. The number of halogens is 1. The van der Waals surface area contributed by atoms with E-state index in [1.54, 1.807) is 5.01 Å². The number of hydrogen-bond donors (Lipinski definition) is 1. The Balaban J connectivity index is 1.92. The third-order valence-corrected chi connectivity index (χ3v) is 5.43. The van der Waals surface area contributed by atoms with Crippen LogP contribution in [0.3, 0.4) is 0 Å². The Hall–Kier alpha value is -2.38. The maximum Gasteiger partial charge on any atom is 0.276 e. The van der Waals surface area contributed by atoms with Crippen LogP contribution in [-0.4, -0.2) is 28.5 Å². The van der Waals surface area contributed by atoms with Crippen LogP contribution in [-0.2, 0) is 4.79 Å². The van der Waals surface area contributed by atoms with Crippen LogP contribution < -0.4 is 15.9 Å². The number of carbonyl (C=O) groups is 1. The highest BCUT2D eigenvalue weighted by Gasteiger charge is 2.34. The van der Waals surface area contributed by atoms with Crippen molar-refractivity contribution in [2.45, 2.75) is 13.1 Å². The first-order valence-electron chi connectivity index (χ1n) is 8.41. The zero-order valence-corrected chi connectivity index (χ0v) is 17.2. The molecule has 4 rings (SSSR count). The molecule has 0 saturated carbocycles. The van der Waals surface area contributed by atoms with Crippen molar-refractivity contribution in [3.63, 3.8) is 0 Å². The number of hydrogen-bond acceptors (Lipinski definition) is 5. The number of benzene rings is 2. The molecule has 136 valence electrons. The van der Waals surface area contributed by atoms with E-state index in [4.69, 9.17) is 4.99 Å². The Kier molecular flexibility index (Phi) is 4.88. The molecule has 0 spiro atoms. The number of thioether (sulfide) groups is 1. The zero-order chi connectivity index (χ0) is 19.0. The van der Waals surface area contributed by atoms with Crippen molar-refractivity contribution >= 4 is 50.5 Å². The first-order valence-corrected chi connectivity index (χ1v) is 10.4. The van der Waals surface area contributed by atoms with Gasteiger partial charge in [-0.1, -0.05) is 64.1 Å². The Morgan fingerprint density at radius 3 is 2.78 bits per heavy atom. The van der Waals surface area contributed by atoms with E-state index in [2.05, 4.69) is 32.4 Å². The number of nitrogens with zero attached hydrogens (tertiary/aromatic N) is 3. The summed E-state index contributed by atoms with van der Waals surface area (Å²) in [5, 5.41) is 11.3. The lowest BCUT2D eigenvalue weighted by atomic mass is 10.1. The third-order valence-electron chi connectivity index (χ3n) is 4.36. The van der Waals surface area contributed by atoms with Gasteiger partial charge in [0, 0.05) is 9.69 Å². The summed E-state index contributed by atoms with van der Waals surface area (Å²) in [6.45, 7) is 2.02. The van der Waals surface area contributed by atoms with E-state index in [9.17, 15) is 4.79 Å². The minimum absolute atomic E-state index is 0.166. The van der Waals surface area contributed by atoms with Gasteiger partial charge in [-0.25, -0.2) is 5.01 Å². The molecule has 0 unspecified atom stereocenters. The topological polar surface area (TPSA) is 57.1 Å². The summed E-state index contributed by atoms with van der Waals surface area (Å²) in [6.07, 6.45) is 3.59. The molecule has 1 N–H and O–H groups in total. The van der Waals surface area contributed by atoms with E-state index in [0.717, 1.165) is 26.2 Å². The van der Waals surface area contributed by atoms with Gasteiger partial charge in [0.15, 0.2) is 11.3 Å². The van der Waals surface area contributed by atoms with Gasteiger partial charge >= 0.3 is 0 Å². The van der Waals surface area contributed by atoms with Gasteiger partial charge in [-0.2, -0.15) is 0 Å². The number of carbonyl (C=O) groups excluding carboxylic acids is 1. The van der Waals surface area contributed by atoms with Gasteiger partial charge < -0.3 is 0 Å². The third kappa shape index (κ3) is 3.44. The zero-order valence-electron chi connectivity index (χ0n) is 14.8. The van der Waals surface area contributed by atoms with Crippen LogP contribution >= 0.6 is 27.7 Å². The molecule has 0 radical (unpaired) electrons. The average molecular weight is 441 g/mol. The lowest BCUT2D eigenvalue weighted by Crippen LogP contribution is -2.52. The minimum atomic E-state index is -0.373. The first kappa shape index (κ1) is 18.0. The molecule has 27 heavy (non-hydrogen) atoms. The summed E-state index contributed by atoms with van der Waals surface area (Å²) >= 11 is 4.88. The monoisotopic (exact) mass is 440 g/mol. The van der Waals surface area contributed by atoms with Gasteiger partial charge in [-0.15, -0.1) is 5.10 Å². The van der Waals surface area contributed by atoms with Gasteiger partial charge in [0.25, 0.3) is 5.91 Å². The Bertz CT molecular complexity index is 1090. The van der Waals surface area contributed by atoms with Crippen molar-refractivity contribution in [2.75, 3.05) is 6.26 Å². The lowest BCUT2D eigenvalue weighted by molar-refractivity contribution is -0.116. The highest BCUT2D eigenvalue weighted by atomic mass is 79.9. The van der Waals surface area contributed by atoms with Crippen molar-refractivity contribution in [3.8, 4) is 0 Å². The largest absolute Gasteiger partial charge is 0.298 e. The van der Waals surface area contributed by atoms with Crippen molar-refractivity contribution in [1.29, 1.82) is 0 Å². The maximum absolute atomic E-state index is 12.8. The molecule has 0 fully saturated rings. The molecule has 0 bridgehead atoms. The molecule has 0 aliphatic carbocycles. The Morgan fingerprint density at radius 2 is 2.04 bits per heavy atom. The Morgan fingerprint density at radius 1 is 1.26 bits per heavy atom. The molecule has 2 heterocycles. The molecule has 7 heteroatoms. The second-order valence-corrected chi connectivity index (χ2v) is 7.93. The second kappa shape index (κ2) is 7.32. The van der Waals surface area contributed by atoms with Gasteiger partial charge in [0.05, 0.1) is 5.36 Å². The fourth-order valence-electron chi connectivity index (χ4n) is 3.13. The Labute approximate surface area is 169 Å². The number of amidine groups is 1. The number of rotatable bonds is 2. The maximum atomic E-state index is 12.8. The SMILES string of the molecule is CSC1=NN2C(=c3cc(Br)ccc3=N[C@H]2/C(C)=C/c2ccccc2)C(=O)N1. The predicted octanol–water partition coefficient (Wildman–Crippen LogP) is 2.69. The molecule has 0 aromatic heterocycles. The predicted molar refractivity (Wildman–Crippen MR) is 113 cm³/mol. The summed E-state index contributed by atoms with van der Waals surface area (Å²) < 4.78 is 0.895. The van der Waals surface area contributed by atoms with Crippen LogP contribution in [0.2, 0.25) is 0 Å². The van der Waals surface area contributed by atoms with E-state index < -0.39 is 0 Å². The van der Waals surface area contributed by atoms with E-state index in [0.29, 0.717) is 10.9 Å². The van der Waals surface area contributed by atoms with Crippen molar-refractivity contribution in [2.24, 2.45) is 10.1 Å². The fraction of sp³-hybridized carbons (Fsp3) is 0.150. The molecule has 2 aliphatic rings. The highest BCUT2D eigenvalue weighted by molar-refractivity contribution is 9.10. The molecule has 1 amide bonds. The molecule has 1 atom stereocenters. The number of amides is 1. The molecular weight excluding hydrogens is 424 g/mol. The normalized spacial score (nSPS) is 18.9. The van der Waals surface area contributed by atoms with Gasteiger partial charge in [-0.3, -0.25) is 15.1 Å². The van der Waals surface area contributed by atoms with E-state index in [1.807, 2.05) is 61.7 Å². The molecule has 2 aromatic carbocycles. The molecular formula is C20H17BrN4OS. The summed E-state index contributed by atoms with van der Waals surface area (Å²) in [5.41, 5.74) is 2.61. The molecule has 2 aliphatic heterocycles. The van der Waals surface area contributed by atoms with Crippen molar-refractivity contribution in [1.82, 2.24) is 10.3 Å². The molecule has 5 nitrogen and oxygen atoms in total. The quantitative estimate of drug-likeness (QED) is 0.780. The average Bonchev–Trinajstić information content (AvgIpc) is 2.67. The van der Waals surface area contributed by atoms with Crippen LogP contribution in [0.5, 0.6) is 0 Å². The van der Waals surface area contributed by atoms with Gasteiger partial charge in [0.1, 0.15) is 5.70 Å². The van der Waals surface area contributed by atoms with Crippen LogP contribution in [0, 0.1) is 0 Å². The standard InChI is InChI=1S/C20H17BrN4OS/c1-12(10-13-6-4-3-5-7-13)18-22-16-9-8-14(21)11-15(16)17-19(26)23-20(27-2)24-25(17)18/h3-11,18H,1-2H3,(H,23,24,26)/b12-10+/t18-/m1/s1. The first-order chi connectivity index (χ1) is 13.1. The summed E-state index contributed by atoms with van der Waals surface area (Å²) in [7, 11) is 0. The van der Waals surface area contributed by atoms with Crippen LogP contribution in [0.25, 0.3) is 11.8 Å². The van der Waals surface area contributed by atoms with E-state index >= 15 is 0 Å².